The molecule has 1 fully saturated rings. The average molecular weight is 327 g/mol. The molecule has 0 saturated heterocycles. The number of rotatable bonds is 4. The average Bonchev–Trinajstić information content (AvgIpc) is 2.67. The number of ether oxygens (including phenoxy) is 2. The van der Waals surface area contributed by atoms with E-state index in [0.29, 0.717) is 12.8 Å². The molecule has 0 aromatic carbocycles. The molecule has 2 rings (SSSR count). The first-order valence-electron chi connectivity index (χ1n) is 7.39. The van der Waals surface area contributed by atoms with Gasteiger partial charge in [0.2, 0.25) is 0 Å². The van der Waals surface area contributed by atoms with Crippen molar-refractivity contribution in [2.75, 3.05) is 0 Å². The summed E-state index contributed by atoms with van der Waals surface area (Å²) in [5, 5.41) is 2.59. The van der Waals surface area contributed by atoms with Gasteiger partial charge in [-0.05, 0) is 47.0 Å². The number of aryl methyl sites for hydroxylation is 1. The highest BCUT2D eigenvalue weighted by Crippen LogP contribution is 2.33. The molecule has 0 atom stereocenters. The van der Waals surface area contributed by atoms with Gasteiger partial charge in [0.05, 0.1) is 0 Å². The fourth-order valence-corrected chi connectivity index (χ4v) is 2.19. The summed E-state index contributed by atoms with van der Waals surface area (Å²) in [7, 11) is 0. The van der Waals surface area contributed by atoms with Gasteiger partial charge in [-0.1, -0.05) is 0 Å². The molecule has 8 heteroatoms. The Morgan fingerprint density at radius 2 is 1.91 bits per heavy atom. The molecular weight excluding hydrogens is 306 g/mol. The third kappa shape index (κ3) is 4.14. The van der Waals surface area contributed by atoms with Crippen molar-refractivity contribution in [3.05, 3.63) is 22.1 Å². The van der Waals surface area contributed by atoms with E-state index < -0.39 is 29.0 Å². The van der Waals surface area contributed by atoms with Crippen LogP contribution >= 0.6 is 0 Å². The van der Waals surface area contributed by atoms with E-state index in [2.05, 4.69) is 9.73 Å². The Hall–Kier alpha value is -2.25. The molecule has 1 aromatic heterocycles. The zero-order valence-electron chi connectivity index (χ0n) is 13.7. The lowest BCUT2D eigenvalue weighted by molar-refractivity contribution is -0.157. The molecule has 8 nitrogen and oxygen atoms in total. The van der Waals surface area contributed by atoms with Crippen LogP contribution in [0.1, 0.15) is 51.6 Å². The summed E-state index contributed by atoms with van der Waals surface area (Å²) in [6.45, 7) is 6.52. The monoisotopic (exact) mass is 327 g/mol. The SMILES string of the molecule is Cc1oc(=O)oc1COC(=O)C1(NC(=O)OC(C)(C)C)CCC1. The van der Waals surface area contributed by atoms with Crippen molar-refractivity contribution in [1.82, 2.24) is 5.32 Å². The van der Waals surface area contributed by atoms with Gasteiger partial charge in [-0.3, -0.25) is 0 Å². The molecule has 1 amide bonds. The third-order valence-corrected chi connectivity index (χ3v) is 3.51. The lowest BCUT2D eigenvalue weighted by Crippen LogP contribution is -2.60. The van der Waals surface area contributed by atoms with Crippen LogP contribution in [0.15, 0.2) is 13.6 Å². The number of nitrogens with one attached hydrogen (secondary N) is 1. The highest BCUT2D eigenvalue weighted by molar-refractivity contribution is 5.86. The van der Waals surface area contributed by atoms with E-state index in [0.717, 1.165) is 6.42 Å². The van der Waals surface area contributed by atoms with E-state index in [1.807, 2.05) is 0 Å². The number of alkyl carbamates (subject to hydrolysis) is 1. The van der Waals surface area contributed by atoms with Crippen LogP contribution in [0.2, 0.25) is 0 Å². The minimum absolute atomic E-state index is 0.148. The van der Waals surface area contributed by atoms with Crippen LogP contribution in [0.4, 0.5) is 4.79 Å². The van der Waals surface area contributed by atoms with E-state index in [1.165, 1.54) is 6.92 Å². The van der Waals surface area contributed by atoms with Gasteiger partial charge in [-0.25, -0.2) is 14.4 Å². The lowest BCUT2D eigenvalue weighted by atomic mass is 9.77. The van der Waals surface area contributed by atoms with Gasteiger partial charge in [-0.2, -0.15) is 0 Å². The summed E-state index contributed by atoms with van der Waals surface area (Å²) in [5.74, 6) is -1.03. The van der Waals surface area contributed by atoms with Gasteiger partial charge < -0.3 is 23.6 Å². The van der Waals surface area contributed by atoms with E-state index in [1.54, 1.807) is 20.8 Å². The second kappa shape index (κ2) is 6.10. The number of carbonyl (C=O) groups excluding carboxylic acids is 2. The Morgan fingerprint density at radius 1 is 1.26 bits per heavy atom. The van der Waals surface area contributed by atoms with Crippen molar-refractivity contribution in [2.45, 2.75) is 64.7 Å². The molecule has 0 spiro atoms. The lowest BCUT2D eigenvalue weighted by Gasteiger charge is -2.39. The van der Waals surface area contributed by atoms with Gasteiger partial charge in [0, 0.05) is 0 Å². The predicted octanol–water partition coefficient (Wildman–Crippen LogP) is 2.03. The molecule has 1 saturated carbocycles. The van der Waals surface area contributed by atoms with E-state index in [-0.39, 0.29) is 18.1 Å². The summed E-state index contributed by atoms with van der Waals surface area (Å²) in [6, 6.07) is 0. The van der Waals surface area contributed by atoms with Crippen molar-refractivity contribution in [3.8, 4) is 0 Å². The minimum Gasteiger partial charge on any atom is -0.456 e. The molecule has 23 heavy (non-hydrogen) atoms. The van der Waals surface area contributed by atoms with Gasteiger partial charge in [0.1, 0.15) is 11.1 Å². The largest absolute Gasteiger partial charge is 0.519 e. The number of hydrogen-bond acceptors (Lipinski definition) is 7. The third-order valence-electron chi connectivity index (χ3n) is 3.51. The standard InChI is InChI=1S/C15H21NO7/c1-9-10(22-13(19)21-9)8-20-11(17)15(6-5-7-15)16-12(18)23-14(2,3)4/h5-8H2,1-4H3,(H,16,18). The summed E-state index contributed by atoms with van der Waals surface area (Å²) in [6.07, 6.45) is 1.07. The number of hydrogen-bond donors (Lipinski definition) is 1. The second-order valence-electron chi connectivity index (χ2n) is 6.57. The highest BCUT2D eigenvalue weighted by Gasteiger charge is 2.48. The second-order valence-corrected chi connectivity index (χ2v) is 6.57. The fourth-order valence-electron chi connectivity index (χ4n) is 2.19. The molecule has 0 radical (unpaired) electrons. The van der Waals surface area contributed by atoms with E-state index in [9.17, 15) is 14.4 Å². The molecule has 0 bridgehead atoms. The Kier molecular flexibility index (Phi) is 4.53. The molecule has 1 N–H and O–H groups in total. The molecular formula is C15H21NO7. The van der Waals surface area contributed by atoms with E-state index >= 15 is 0 Å². The van der Waals surface area contributed by atoms with Crippen LogP contribution in [0.5, 0.6) is 0 Å². The molecule has 1 aromatic rings. The van der Waals surface area contributed by atoms with Crippen molar-refractivity contribution in [1.29, 1.82) is 0 Å². The van der Waals surface area contributed by atoms with Gasteiger partial charge >= 0.3 is 17.9 Å². The Balaban J connectivity index is 1.96. The van der Waals surface area contributed by atoms with Gasteiger partial charge in [0.15, 0.2) is 18.1 Å². The van der Waals surface area contributed by atoms with Crippen LogP contribution in [0, 0.1) is 6.92 Å². The van der Waals surface area contributed by atoms with Crippen molar-refractivity contribution in [3.63, 3.8) is 0 Å². The van der Waals surface area contributed by atoms with Crippen LogP contribution in [0.25, 0.3) is 0 Å². The summed E-state index contributed by atoms with van der Waals surface area (Å²) >= 11 is 0. The Morgan fingerprint density at radius 3 is 2.35 bits per heavy atom. The van der Waals surface area contributed by atoms with Gasteiger partial charge in [0.25, 0.3) is 0 Å². The van der Waals surface area contributed by atoms with Crippen molar-refractivity contribution in [2.24, 2.45) is 0 Å². The fraction of sp³-hybridized carbons (Fsp3) is 0.667. The summed E-state index contributed by atoms with van der Waals surface area (Å²) in [5.41, 5.74) is -1.74. The van der Waals surface area contributed by atoms with Crippen LogP contribution in [0.3, 0.4) is 0 Å². The Bertz CT molecular complexity index is 646. The van der Waals surface area contributed by atoms with Crippen LogP contribution < -0.4 is 11.1 Å². The van der Waals surface area contributed by atoms with Crippen LogP contribution in [-0.2, 0) is 20.9 Å². The normalized spacial score (nSPS) is 16.3. The molecule has 1 heterocycles. The maximum Gasteiger partial charge on any atom is 0.519 e. The maximum atomic E-state index is 12.3. The van der Waals surface area contributed by atoms with Crippen molar-refractivity contribution < 1.29 is 27.9 Å². The predicted molar refractivity (Wildman–Crippen MR) is 77.7 cm³/mol. The maximum absolute atomic E-state index is 12.3. The van der Waals surface area contributed by atoms with Crippen molar-refractivity contribution >= 4 is 12.1 Å². The molecule has 128 valence electrons. The molecule has 0 unspecified atom stereocenters. The zero-order chi connectivity index (χ0) is 17.3. The Labute approximate surface area is 133 Å². The van der Waals surface area contributed by atoms with Crippen LogP contribution in [-0.4, -0.2) is 23.2 Å². The molecule has 1 aliphatic rings. The zero-order valence-corrected chi connectivity index (χ0v) is 13.7. The minimum atomic E-state index is -1.08. The summed E-state index contributed by atoms with van der Waals surface area (Å²) in [4.78, 5) is 35.1. The quantitative estimate of drug-likeness (QED) is 0.843. The summed E-state index contributed by atoms with van der Waals surface area (Å²) < 4.78 is 19.8. The van der Waals surface area contributed by atoms with E-state index in [4.69, 9.17) is 13.9 Å². The first-order valence-corrected chi connectivity index (χ1v) is 7.39. The number of esters is 1. The first-order chi connectivity index (χ1) is 10.6. The molecule has 1 aliphatic carbocycles. The highest BCUT2D eigenvalue weighted by atomic mass is 16.6. The molecule has 0 aliphatic heterocycles. The smallest absolute Gasteiger partial charge is 0.456 e. The number of carbonyl (C=O) groups is 2. The van der Waals surface area contributed by atoms with Gasteiger partial charge in [-0.15, -0.1) is 0 Å². The topological polar surface area (TPSA) is 108 Å². The first kappa shape index (κ1) is 17.1. The number of amides is 1.